The molecule has 13 rings (SSSR count). The third kappa shape index (κ3) is 4.40. The summed E-state index contributed by atoms with van der Waals surface area (Å²) in [5, 5.41) is 2.32. The first kappa shape index (κ1) is 30.6. The number of hydrogen-bond donors (Lipinski definition) is 0. The lowest BCUT2D eigenvalue weighted by molar-refractivity contribution is -0.0399. The predicted octanol–water partition coefficient (Wildman–Crippen LogP) is 14.1. The van der Waals surface area contributed by atoms with Crippen LogP contribution in [-0.4, -0.2) is 0 Å². The fourth-order valence-corrected chi connectivity index (χ4v) is 11.9. The van der Waals surface area contributed by atoms with Crippen molar-refractivity contribution in [1.82, 2.24) is 0 Å². The predicted molar refractivity (Wildman–Crippen MR) is 223 cm³/mol. The van der Waals surface area contributed by atoms with Gasteiger partial charge in [0.2, 0.25) is 0 Å². The highest BCUT2D eigenvalue weighted by molar-refractivity contribution is 6.06. The molecule has 2 heteroatoms. The molecule has 5 aliphatic rings. The summed E-state index contributed by atoms with van der Waals surface area (Å²) in [7, 11) is 0. The zero-order valence-electron chi connectivity index (χ0n) is 30.3. The van der Waals surface area contributed by atoms with Gasteiger partial charge in [-0.15, -0.1) is 0 Å². The summed E-state index contributed by atoms with van der Waals surface area (Å²) in [6.07, 6.45) is 7.08. The number of anilines is 3. The maximum atomic E-state index is 6.26. The average molecular weight is 696 g/mol. The molecule has 4 bridgehead atoms. The van der Waals surface area contributed by atoms with Gasteiger partial charge in [0.15, 0.2) is 0 Å². The first-order valence-corrected chi connectivity index (χ1v) is 19.9. The van der Waals surface area contributed by atoms with Gasteiger partial charge in [0, 0.05) is 33.2 Å². The second kappa shape index (κ2) is 11.6. The van der Waals surface area contributed by atoms with Crippen molar-refractivity contribution in [3.8, 4) is 33.4 Å². The summed E-state index contributed by atoms with van der Waals surface area (Å²) >= 11 is 0. The van der Waals surface area contributed by atoms with E-state index in [2.05, 4.69) is 157 Å². The van der Waals surface area contributed by atoms with Crippen LogP contribution in [0, 0.1) is 23.7 Å². The molecule has 0 unspecified atom stereocenters. The lowest BCUT2D eigenvalue weighted by Gasteiger charge is -2.61. The summed E-state index contributed by atoms with van der Waals surface area (Å²) in [4.78, 5) is 2.45. The quantitative estimate of drug-likeness (QED) is 0.178. The Labute approximate surface area is 316 Å². The molecule has 0 amide bonds. The molecule has 0 atom stereocenters. The van der Waals surface area contributed by atoms with E-state index in [1.54, 1.807) is 11.1 Å². The van der Waals surface area contributed by atoms with Gasteiger partial charge in [-0.25, -0.2) is 0 Å². The van der Waals surface area contributed by atoms with Crippen LogP contribution in [0.2, 0.25) is 0 Å². The molecule has 1 heterocycles. The van der Waals surface area contributed by atoms with Gasteiger partial charge in [0.1, 0.15) is 11.2 Å². The maximum absolute atomic E-state index is 6.26. The van der Waals surface area contributed by atoms with Crippen molar-refractivity contribution in [1.29, 1.82) is 0 Å². The topological polar surface area (TPSA) is 16.4 Å². The largest absolute Gasteiger partial charge is 0.456 e. The summed E-state index contributed by atoms with van der Waals surface area (Å²) in [5.41, 5.74) is 16.4. The van der Waals surface area contributed by atoms with E-state index >= 15 is 0 Å². The van der Waals surface area contributed by atoms with Crippen molar-refractivity contribution in [2.45, 2.75) is 37.5 Å². The molecule has 54 heavy (non-hydrogen) atoms. The molecule has 8 aromatic rings. The van der Waals surface area contributed by atoms with Gasteiger partial charge < -0.3 is 9.32 Å². The highest BCUT2D eigenvalue weighted by atomic mass is 16.3. The Bertz CT molecular complexity index is 2690. The monoisotopic (exact) mass is 695 g/mol. The maximum Gasteiger partial charge on any atom is 0.136 e. The van der Waals surface area contributed by atoms with Gasteiger partial charge in [-0.3, -0.25) is 0 Å². The fraction of sp³-hybridized carbons (Fsp3) is 0.192. The van der Waals surface area contributed by atoms with Crippen molar-refractivity contribution in [3.63, 3.8) is 0 Å². The standard InChI is InChI=1S/C52H41NO/c1-2-8-35(9-3-1)36-14-19-41(20-15-36)53(42-21-16-37(17-22-42)38-18-24-46-45-11-5-7-13-50(45)54-51(46)31-38)43-23-25-49-47(32-43)44-10-4-6-12-48(44)52(49)39-27-33-26-34(29-39)30-40(52)28-33/h1-25,31-34,39-40H,26-30H2. The van der Waals surface area contributed by atoms with Gasteiger partial charge in [0.25, 0.3) is 0 Å². The first-order valence-electron chi connectivity index (χ1n) is 19.9. The van der Waals surface area contributed by atoms with Crippen LogP contribution in [0.3, 0.4) is 0 Å². The summed E-state index contributed by atoms with van der Waals surface area (Å²) < 4.78 is 6.26. The minimum Gasteiger partial charge on any atom is -0.456 e. The first-order chi connectivity index (χ1) is 26.7. The number of hydrogen-bond acceptors (Lipinski definition) is 2. The lowest BCUT2D eigenvalue weighted by Crippen LogP contribution is -2.55. The minimum atomic E-state index is 0.169. The van der Waals surface area contributed by atoms with E-state index < -0.39 is 0 Å². The Kier molecular flexibility index (Phi) is 6.55. The Morgan fingerprint density at radius 3 is 1.70 bits per heavy atom. The molecule has 1 spiro atoms. The molecule has 4 saturated carbocycles. The van der Waals surface area contributed by atoms with Crippen LogP contribution in [0.15, 0.2) is 168 Å². The van der Waals surface area contributed by atoms with E-state index in [4.69, 9.17) is 4.42 Å². The van der Waals surface area contributed by atoms with Crippen LogP contribution >= 0.6 is 0 Å². The van der Waals surface area contributed by atoms with E-state index in [-0.39, 0.29) is 5.41 Å². The van der Waals surface area contributed by atoms with Crippen molar-refractivity contribution in [2.24, 2.45) is 23.7 Å². The van der Waals surface area contributed by atoms with Crippen molar-refractivity contribution in [3.05, 3.63) is 175 Å². The van der Waals surface area contributed by atoms with E-state index in [0.717, 1.165) is 62.5 Å². The van der Waals surface area contributed by atoms with Crippen molar-refractivity contribution < 1.29 is 4.42 Å². The number of nitrogens with zero attached hydrogens (tertiary/aromatic N) is 1. The van der Waals surface area contributed by atoms with Crippen LogP contribution in [0.5, 0.6) is 0 Å². The number of benzene rings is 7. The Hall–Kier alpha value is -5.86. The van der Waals surface area contributed by atoms with Gasteiger partial charge in [-0.2, -0.15) is 0 Å². The number of para-hydroxylation sites is 1. The number of rotatable bonds is 5. The Balaban J connectivity index is 0.976. The van der Waals surface area contributed by atoms with E-state index in [9.17, 15) is 0 Å². The zero-order chi connectivity index (χ0) is 35.4. The van der Waals surface area contributed by atoms with E-state index in [1.165, 1.54) is 65.6 Å². The molecule has 4 fully saturated rings. The van der Waals surface area contributed by atoms with Crippen LogP contribution in [-0.2, 0) is 5.41 Å². The molecule has 1 aromatic heterocycles. The SMILES string of the molecule is c1ccc(-c2ccc(N(c3ccc(-c4ccc5c(c4)oc4ccccc45)cc3)c3ccc4c(c3)-c3ccccc3C43C4CC5CC(C4)CC3C5)cc2)cc1. The fourth-order valence-electron chi connectivity index (χ4n) is 11.9. The Morgan fingerprint density at radius 1 is 0.407 bits per heavy atom. The molecule has 5 aliphatic carbocycles. The highest BCUT2D eigenvalue weighted by Gasteiger charge is 2.61. The smallest absolute Gasteiger partial charge is 0.136 e. The molecule has 0 aliphatic heterocycles. The van der Waals surface area contributed by atoms with Gasteiger partial charge in [0.05, 0.1) is 0 Å². The molecular formula is C52H41NO. The minimum absolute atomic E-state index is 0.169. The van der Waals surface area contributed by atoms with Crippen LogP contribution < -0.4 is 4.90 Å². The second-order valence-electron chi connectivity index (χ2n) is 16.6. The number of furan rings is 1. The van der Waals surface area contributed by atoms with Gasteiger partial charge >= 0.3 is 0 Å². The van der Waals surface area contributed by atoms with Crippen molar-refractivity contribution >= 4 is 39.0 Å². The zero-order valence-corrected chi connectivity index (χ0v) is 30.3. The molecule has 0 saturated heterocycles. The molecule has 7 aromatic carbocycles. The summed E-state index contributed by atoms with van der Waals surface area (Å²) in [6.45, 7) is 0. The van der Waals surface area contributed by atoms with Gasteiger partial charge in [-0.05, 0) is 155 Å². The third-order valence-electron chi connectivity index (χ3n) is 13.9. The number of fused-ring (bicyclic) bond motifs is 6. The van der Waals surface area contributed by atoms with Crippen LogP contribution in [0.1, 0.15) is 43.2 Å². The average Bonchev–Trinajstić information content (AvgIpc) is 3.74. The Morgan fingerprint density at radius 2 is 0.963 bits per heavy atom. The lowest BCUT2D eigenvalue weighted by atomic mass is 9.43. The molecular weight excluding hydrogens is 655 g/mol. The van der Waals surface area contributed by atoms with E-state index in [0.29, 0.717) is 0 Å². The molecule has 0 N–H and O–H groups in total. The van der Waals surface area contributed by atoms with Crippen LogP contribution in [0.25, 0.3) is 55.3 Å². The van der Waals surface area contributed by atoms with Gasteiger partial charge in [-0.1, -0.05) is 109 Å². The summed E-state index contributed by atoms with van der Waals surface area (Å²) in [5.74, 6) is 3.39. The molecule has 0 radical (unpaired) electrons. The van der Waals surface area contributed by atoms with Crippen LogP contribution in [0.4, 0.5) is 17.1 Å². The normalized spacial score (nSPS) is 23.3. The molecule has 260 valence electrons. The van der Waals surface area contributed by atoms with E-state index in [1.807, 2.05) is 12.1 Å². The second-order valence-corrected chi connectivity index (χ2v) is 16.6. The van der Waals surface area contributed by atoms with Crippen molar-refractivity contribution in [2.75, 3.05) is 4.90 Å². The highest BCUT2D eigenvalue weighted by Crippen LogP contribution is 2.69. The third-order valence-corrected chi connectivity index (χ3v) is 13.9. The molecule has 2 nitrogen and oxygen atoms in total. The summed E-state index contributed by atoms with van der Waals surface area (Å²) in [6, 6.07) is 60.7.